The lowest BCUT2D eigenvalue weighted by molar-refractivity contribution is 0.249. The maximum absolute atomic E-state index is 12.5. The number of nitrogens with one attached hydrogen (secondary N) is 2. The highest BCUT2D eigenvalue weighted by Crippen LogP contribution is 2.31. The van der Waals surface area contributed by atoms with Gasteiger partial charge in [-0.05, 0) is 44.4 Å². The molecule has 28 heavy (non-hydrogen) atoms. The Kier molecular flexibility index (Phi) is 5.10. The summed E-state index contributed by atoms with van der Waals surface area (Å²) in [6.45, 7) is 3.91. The lowest BCUT2D eigenvalue weighted by Crippen LogP contribution is -2.32. The highest BCUT2D eigenvalue weighted by molar-refractivity contribution is 5.88. The molecule has 0 bridgehead atoms. The molecule has 1 aromatic carbocycles. The van der Waals surface area contributed by atoms with E-state index in [2.05, 4.69) is 25.8 Å². The van der Waals surface area contributed by atoms with Crippen LogP contribution in [-0.2, 0) is 0 Å². The van der Waals surface area contributed by atoms with Crippen molar-refractivity contribution in [1.82, 2.24) is 29.9 Å². The molecule has 0 radical (unpaired) electrons. The van der Waals surface area contributed by atoms with Gasteiger partial charge in [-0.1, -0.05) is 25.0 Å². The Hall–Kier alpha value is -3.16. The number of hydrogen-bond acceptors (Lipinski definition) is 4. The Morgan fingerprint density at radius 3 is 2.64 bits per heavy atom. The van der Waals surface area contributed by atoms with Crippen molar-refractivity contribution in [2.24, 2.45) is 0 Å². The quantitative estimate of drug-likeness (QED) is 0.706. The maximum Gasteiger partial charge on any atom is 0.320 e. The topological polar surface area (TPSA) is 89.7 Å². The molecule has 8 nitrogen and oxygen atoms in total. The van der Waals surface area contributed by atoms with Crippen LogP contribution in [0, 0.1) is 6.92 Å². The molecule has 1 aliphatic rings. The first-order valence-electron chi connectivity index (χ1n) is 9.69. The number of benzene rings is 1. The molecule has 146 valence electrons. The number of carbonyl (C=O) groups excluding carboxylic acids is 1. The summed E-state index contributed by atoms with van der Waals surface area (Å²) in [5.74, 6) is 0.760. The average Bonchev–Trinajstić information content (AvgIpc) is 3.44. The van der Waals surface area contributed by atoms with E-state index in [-0.39, 0.29) is 12.1 Å². The molecule has 1 aliphatic carbocycles. The largest absolute Gasteiger partial charge is 0.331 e. The normalized spacial score (nSPS) is 15.5. The van der Waals surface area contributed by atoms with E-state index >= 15 is 0 Å². The number of aryl methyl sites for hydroxylation is 1. The molecule has 0 spiro atoms. The van der Waals surface area contributed by atoms with Crippen molar-refractivity contribution >= 4 is 11.8 Å². The van der Waals surface area contributed by atoms with Gasteiger partial charge in [-0.15, -0.1) is 0 Å². The predicted octanol–water partition coefficient (Wildman–Crippen LogP) is 3.77. The Balaban J connectivity index is 1.40. The van der Waals surface area contributed by atoms with Gasteiger partial charge in [-0.3, -0.25) is 5.32 Å². The third-order valence-corrected chi connectivity index (χ3v) is 5.19. The van der Waals surface area contributed by atoms with E-state index < -0.39 is 0 Å². The molecule has 3 aromatic rings. The number of amides is 2. The van der Waals surface area contributed by atoms with Gasteiger partial charge < -0.3 is 5.32 Å². The van der Waals surface area contributed by atoms with Crippen molar-refractivity contribution in [3.05, 3.63) is 54.2 Å². The number of nitrogens with zero attached hydrogens (tertiary/aromatic N) is 5. The molecule has 0 unspecified atom stereocenters. The second-order valence-corrected chi connectivity index (χ2v) is 7.31. The summed E-state index contributed by atoms with van der Waals surface area (Å²) in [5, 5.41) is 14.7. The minimum Gasteiger partial charge on any atom is -0.331 e. The number of rotatable bonds is 5. The number of carbonyl (C=O) groups is 1. The van der Waals surface area contributed by atoms with Crippen LogP contribution >= 0.6 is 0 Å². The van der Waals surface area contributed by atoms with E-state index in [4.69, 9.17) is 0 Å². The fraction of sp³-hybridized carbons (Fsp3) is 0.400. The predicted molar refractivity (Wildman–Crippen MR) is 106 cm³/mol. The van der Waals surface area contributed by atoms with Gasteiger partial charge in [0.1, 0.15) is 18.5 Å². The van der Waals surface area contributed by atoms with Crippen LogP contribution in [0.15, 0.2) is 43.0 Å². The number of aromatic nitrogens is 5. The van der Waals surface area contributed by atoms with Gasteiger partial charge in [0.05, 0.1) is 23.5 Å². The van der Waals surface area contributed by atoms with Gasteiger partial charge >= 0.3 is 6.03 Å². The SMILES string of the molecule is Cc1cc(NC(=O)N[C@H](C)c2ccc(-n3cncn3)cc2)n(C2CCCC2)n1. The molecule has 2 N–H and O–H groups in total. The smallest absolute Gasteiger partial charge is 0.320 e. The van der Waals surface area contributed by atoms with Crippen molar-refractivity contribution in [3.8, 4) is 5.69 Å². The molecule has 0 saturated heterocycles. The van der Waals surface area contributed by atoms with Gasteiger partial charge in [-0.2, -0.15) is 10.2 Å². The Bertz CT molecular complexity index is 924. The first-order valence-corrected chi connectivity index (χ1v) is 9.69. The van der Waals surface area contributed by atoms with Gasteiger partial charge in [-0.25, -0.2) is 19.1 Å². The monoisotopic (exact) mass is 379 g/mol. The second kappa shape index (κ2) is 7.84. The van der Waals surface area contributed by atoms with E-state index in [0.29, 0.717) is 6.04 Å². The molecule has 1 fully saturated rings. The maximum atomic E-state index is 12.5. The Morgan fingerprint density at radius 1 is 1.21 bits per heavy atom. The fourth-order valence-electron chi connectivity index (χ4n) is 3.73. The molecular formula is C20H25N7O. The molecule has 1 saturated carbocycles. The van der Waals surface area contributed by atoms with Gasteiger partial charge in [0.2, 0.25) is 0 Å². The van der Waals surface area contributed by atoms with Crippen LogP contribution in [0.5, 0.6) is 0 Å². The number of urea groups is 1. The fourth-order valence-corrected chi connectivity index (χ4v) is 3.73. The summed E-state index contributed by atoms with van der Waals surface area (Å²) in [5.41, 5.74) is 2.85. The second-order valence-electron chi connectivity index (χ2n) is 7.31. The zero-order valence-corrected chi connectivity index (χ0v) is 16.2. The Morgan fingerprint density at radius 2 is 1.96 bits per heavy atom. The minimum atomic E-state index is -0.230. The standard InChI is InChI=1S/C20H25N7O/c1-14-11-19(27(25-14)18-5-3-4-6-18)24-20(28)23-15(2)16-7-9-17(10-8-16)26-13-21-12-22-26/h7-13,15,18H,3-6H2,1-2H3,(H2,23,24,28)/t15-/m1/s1. The molecule has 2 amide bonds. The first kappa shape index (κ1) is 18.2. The molecule has 0 aliphatic heterocycles. The first-order chi connectivity index (χ1) is 13.6. The zero-order valence-electron chi connectivity index (χ0n) is 16.2. The van der Waals surface area contributed by atoms with E-state index in [1.54, 1.807) is 11.0 Å². The third kappa shape index (κ3) is 3.90. The molecule has 8 heteroatoms. The summed E-state index contributed by atoms with van der Waals surface area (Å²) >= 11 is 0. The van der Waals surface area contributed by atoms with E-state index in [1.807, 2.05) is 48.9 Å². The van der Waals surface area contributed by atoms with Crippen LogP contribution in [-0.4, -0.2) is 30.6 Å². The van der Waals surface area contributed by atoms with Crippen molar-refractivity contribution in [3.63, 3.8) is 0 Å². The summed E-state index contributed by atoms with van der Waals surface area (Å²) in [7, 11) is 0. The van der Waals surface area contributed by atoms with Crippen LogP contribution in [0.4, 0.5) is 10.6 Å². The van der Waals surface area contributed by atoms with Crippen molar-refractivity contribution in [2.45, 2.75) is 51.6 Å². The molecule has 1 atom stereocenters. The zero-order chi connectivity index (χ0) is 19.5. The summed E-state index contributed by atoms with van der Waals surface area (Å²) in [4.78, 5) is 16.5. The van der Waals surface area contributed by atoms with E-state index in [0.717, 1.165) is 35.6 Å². The van der Waals surface area contributed by atoms with Gasteiger partial charge in [0.25, 0.3) is 0 Å². The Labute approximate surface area is 164 Å². The molecule has 2 aromatic heterocycles. The molecule has 2 heterocycles. The van der Waals surface area contributed by atoms with Crippen molar-refractivity contribution in [1.29, 1.82) is 0 Å². The van der Waals surface area contributed by atoms with Crippen LogP contribution < -0.4 is 10.6 Å². The van der Waals surface area contributed by atoms with Gasteiger partial charge in [0, 0.05) is 6.07 Å². The van der Waals surface area contributed by atoms with Crippen LogP contribution in [0.2, 0.25) is 0 Å². The van der Waals surface area contributed by atoms with E-state index in [9.17, 15) is 4.79 Å². The van der Waals surface area contributed by atoms with Crippen LogP contribution in [0.1, 0.15) is 55.9 Å². The highest BCUT2D eigenvalue weighted by Gasteiger charge is 2.22. The van der Waals surface area contributed by atoms with Crippen molar-refractivity contribution in [2.75, 3.05) is 5.32 Å². The van der Waals surface area contributed by atoms with Crippen molar-refractivity contribution < 1.29 is 4.79 Å². The lowest BCUT2D eigenvalue weighted by Gasteiger charge is -2.18. The van der Waals surface area contributed by atoms with Crippen LogP contribution in [0.25, 0.3) is 5.69 Å². The minimum absolute atomic E-state index is 0.131. The average molecular weight is 379 g/mol. The number of hydrogen-bond donors (Lipinski definition) is 2. The summed E-state index contributed by atoms with van der Waals surface area (Å²) < 4.78 is 3.67. The number of anilines is 1. The summed E-state index contributed by atoms with van der Waals surface area (Å²) in [6.07, 6.45) is 7.82. The van der Waals surface area contributed by atoms with Crippen LogP contribution in [0.3, 0.4) is 0 Å². The molecule has 4 rings (SSSR count). The molecular weight excluding hydrogens is 354 g/mol. The lowest BCUT2D eigenvalue weighted by atomic mass is 10.1. The van der Waals surface area contributed by atoms with E-state index in [1.165, 1.54) is 19.2 Å². The van der Waals surface area contributed by atoms with Gasteiger partial charge in [0.15, 0.2) is 0 Å². The highest BCUT2D eigenvalue weighted by atomic mass is 16.2. The third-order valence-electron chi connectivity index (χ3n) is 5.19. The summed E-state index contributed by atoms with van der Waals surface area (Å²) in [6, 6.07) is 9.82.